The summed E-state index contributed by atoms with van der Waals surface area (Å²) >= 11 is 5.63. The largest absolute Gasteiger partial charge is 0.406 e. The average Bonchev–Trinajstić information content (AvgIpc) is 2.35. The molecule has 0 N–H and O–H groups in total. The van der Waals surface area contributed by atoms with E-state index >= 15 is 0 Å². The molecule has 0 bridgehead atoms. The number of halogens is 5. The van der Waals surface area contributed by atoms with Gasteiger partial charge in [-0.1, -0.05) is 24.9 Å². The van der Waals surface area contributed by atoms with Gasteiger partial charge in [-0.25, -0.2) is 9.37 Å². The Labute approximate surface area is 118 Å². The van der Waals surface area contributed by atoms with Gasteiger partial charge in [0.05, 0.1) is 11.8 Å². The fourth-order valence-corrected chi connectivity index (χ4v) is 1.74. The third-order valence-corrected chi connectivity index (χ3v) is 2.78. The molecule has 1 amide bonds. The molecule has 1 aromatic rings. The number of pyridine rings is 1. The minimum absolute atomic E-state index is 0.0817. The van der Waals surface area contributed by atoms with Crippen LogP contribution in [0.25, 0.3) is 0 Å². The van der Waals surface area contributed by atoms with E-state index < -0.39 is 24.4 Å². The fraction of sp³-hybridized carbons (Fsp3) is 0.500. The summed E-state index contributed by atoms with van der Waals surface area (Å²) < 4.78 is 50.5. The Morgan fingerprint density at radius 1 is 1.45 bits per heavy atom. The summed E-state index contributed by atoms with van der Waals surface area (Å²) in [4.78, 5) is 16.1. The van der Waals surface area contributed by atoms with Gasteiger partial charge in [0.25, 0.3) is 5.91 Å². The van der Waals surface area contributed by atoms with Crippen molar-refractivity contribution in [1.29, 1.82) is 0 Å². The first-order valence-electron chi connectivity index (χ1n) is 5.91. The maximum absolute atomic E-state index is 13.0. The molecule has 0 fully saturated rings. The quantitative estimate of drug-likeness (QED) is 0.614. The highest BCUT2D eigenvalue weighted by atomic mass is 35.5. The monoisotopic (exact) mass is 312 g/mol. The highest BCUT2D eigenvalue weighted by molar-refractivity contribution is 6.32. The molecule has 20 heavy (non-hydrogen) atoms. The van der Waals surface area contributed by atoms with Crippen molar-refractivity contribution in [3.05, 3.63) is 28.8 Å². The fourth-order valence-electron chi connectivity index (χ4n) is 1.56. The van der Waals surface area contributed by atoms with E-state index in [1.54, 1.807) is 6.92 Å². The van der Waals surface area contributed by atoms with Gasteiger partial charge in [-0.15, -0.1) is 0 Å². The summed E-state index contributed by atoms with van der Waals surface area (Å²) in [5, 5.41) is -0.319. The van der Waals surface area contributed by atoms with Crippen LogP contribution in [0.15, 0.2) is 12.3 Å². The van der Waals surface area contributed by atoms with Gasteiger partial charge >= 0.3 is 6.18 Å². The second kappa shape index (κ2) is 6.88. The van der Waals surface area contributed by atoms with Crippen LogP contribution >= 0.6 is 11.6 Å². The predicted molar refractivity (Wildman–Crippen MR) is 66.1 cm³/mol. The molecule has 0 radical (unpaired) electrons. The maximum atomic E-state index is 13.0. The molecule has 8 heteroatoms. The average molecular weight is 313 g/mol. The van der Waals surface area contributed by atoms with Gasteiger partial charge in [-0.2, -0.15) is 13.2 Å². The molecule has 1 aromatic heterocycles. The molecule has 112 valence electrons. The molecule has 0 unspecified atom stereocenters. The molecular weight excluding hydrogens is 300 g/mol. The van der Waals surface area contributed by atoms with Crippen molar-refractivity contribution in [3.8, 4) is 0 Å². The van der Waals surface area contributed by atoms with Crippen LogP contribution in [0.1, 0.15) is 30.1 Å². The third kappa shape index (κ3) is 4.96. The smallest absolute Gasteiger partial charge is 0.329 e. The Morgan fingerprint density at radius 2 is 2.10 bits per heavy atom. The van der Waals surface area contributed by atoms with Crippen LogP contribution in [-0.4, -0.2) is 35.1 Å². The molecule has 3 nitrogen and oxygen atoms in total. The lowest BCUT2D eigenvalue weighted by atomic mass is 10.2. The van der Waals surface area contributed by atoms with Gasteiger partial charge in [-0.05, 0) is 12.5 Å². The van der Waals surface area contributed by atoms with E-state index in [9.17, 15) is 22.4 Å². The van der Waals surface area contributed by atoms with E-state index in [0.29, 0.717) is 17.7 Å². The predicted octanol–water partition coefficient (Wildman–Crippen LogP) is 3.68. The Hall–Kier alpha value is -1.37. The molecule has 0 aliphatic heterocycles. The number of nitrogens with zero attached hydrogens (tertiary/aromatic N) is 2. The lowest BCUT2D eigenvalue weighted by Gasteiger charge is -2.24. The van der Waals surface area contributed by atoms with E-state index in [1.807, 2.05) is 0 Å². The zero-order valence-electron chi connectivity index (χ0n) is 10.7. The number of hydrogen-bond donors (Lipinski definition) is 0. The first kappa shape index (κ1) is 16.7. The van der Waals surface area contributed by atoms with Gasteiger partial charge < -0.3 is 4.90 Å². The Bertz CT molecular complexity index is 479. The second-order valence-corrected chi connectivity index (χ2v) is 4.55. The topological polar surface area (TPSA) is 33.2 Å². The van der Waals surface area contributed by atoms with E-state index in [1.165, 1.54) is 0 Å². The van der Waals surface area contributed by atoms with Crippen molar-refractivity contribution in [2.24, 2.45) is 0 Å². The number of carbonyl (C=O) groups is 1. The Morgan fingerprint density at radius 3 is 2.65 bits per heavy atom. The number of aromatic nitrogens is 1. The molecule has 0 aliphatic carbocycles. The molecule has 0 spiro atoms. The summed E-state index contributed by atoms with van der Waals surface area (Å²) in [6, 6.07) is 0.785. The lowest BCUT2D eigenvalue weighted by Crippen LogP contribution is -2.39. The highest BCUT2D eigenvalue weighted by Crippen LogP contribution is 2.21. The standard InChI is InChI=1S/C12H13ClF4N2O/c1-2-3-4-19(7-12(15,16)17)11(20)9-5-8(14)6-18-10(9)13/h5-6H,2-4,7H2,1H3. The number of hydrogen-bond acceptors (Lipinski definition) is 2. The van der Waals surface area contributed by atoms with Crippen LogP contribution in [-0.2, 0) is 0 Å². The zero-order valence-corrected chi connectivity index (χ0v) is 11.4. The van der Waals surface area contributed by atoms with Crippen molar-refractivity contribution >= 4 is 17.5 Å². The second-order valence-electron chi connectivity index (χ2n) is 4.19. The van der Waals surface area contributed by atoms with Crippen molar-refractivity contribution in [2.75, 3.05) is 13.1 Å². The number of rotatable bonds is 5. The summed E-state index contributed by atoms with van der Waals surface area (Å²) in [6.07, 6.45) is -2.71. The van der Waals surface area contributed by atoms with Crippen LogP contribution < -0.4 is 0 Å². The normalized spacial score (nSPS) is 11.5. The summed E-state index contributed by atoms with van der Waals surface area (Å²) in [5.74, 6) is -1.81. The molecular formula is C12H13ClF4N2O. The van der Waals surface area contributed by atoms with Crippen LogP contribution in [0.2, 0.25) is 5.15 Å². The molecule has 1 rings (SSSR count). The molecule has 0 atom stereocenters. The SMILES string of the molecule is CCCCN(CC(F)(F)F)C(=O)c1cc(F)cnc1Cl. The summed E-state index contributed by atoms with van der Waals surface area (Å²) in [5.41, 5.74) is -0.369. The first-order chi connectivity index (χ1) is 9.24. The zero-order chi connectivity index (χ0) is 15.3. The van der Waals surface area contributed by atoms with Crippen molar-refractivity contribution < 1.29 is 22.4 Å². The van der Waals surface area contributed by atoms with Crippen molar-refractivity contribution in [1.82, 2.24) is 9.88 Å². The summed E-state index contributed by atoms with van der Waals surface area (Å²) in [6.45, 7) is 0.299. The minimum atomic E-state index is -4.53. The third-order valence-electron chi connectivity index (χ3n) is 2.48. The number of alkyl halides is 3. The first-order valence-corrected chi connectivity index (χ1v) is 6.29. The highest BCUT2D eigenvalue weighted by Gasteiger charge is 2.33. The van der Waals surface area contributed by atoms with Gasteiger partial charge in [0.15, 0.2) is 0 Å². The van der Waals surface area contributed by atoms with Crippen LogP contribution in [0, 0.1) is 5.82 Å². The number of unbranched alkanes of at least 4 members (excludes halogenated alkanes) is 1. The number of amides is 1. The maximum Gasteiger partial charge on any atom is 0.406 e. The van der Waals surface area contributed by atoms with Crippen LogP contribution in [0.3, 0.4) is 0 Å². The van der Waals surface area contributed by atoms with Crippen LogP contribution in [0.5, 0.6) is 0 Å². The molecule has 0 saturated carbocycles. The van der Waals surface area contributed by atoms with Crippen LogP contribution in [0.4, 0.5) is 17.6 Å². The molecule has 0 aromatic carbocycles. The van der Waals surface area contributed by atoms with Gasteiger partial charge in [0.1, 0.15) is 17.5 Å². The van der Waals surface area contributed by atoms with E-state index in [0.717, 1.165) is 12.3 Å². The van der Waals surface area contributed by atoms with Crippen molar-refractivity contribution in [3.63, 3.8) is 0 Å². The van der Waals surface area contributed by atoms with Crippen molar-refractivity contribution in [2.45, 2.75) is 25.9 Å². The van der Waals surface area contributed by atoms with Gasteiger partial charge in [0, 0.05) is 6.54 Å². The van der Waals surface area contributed by atoms with Gasteiger partial charge in [0.2, 0.25) is 0 Å². The molecule has 1 heterocycles. The van der Waals surface area contributed by atoms with E-state index in [-0.39, 0.29) is 17.3 Å². The van der Waals surface area contributed by atoms with E-state index in [4.69, 9.17) is 11.6 Å². The molecule has 0 saturated heterocycles. The van der Waals surface area contributed by atoms with Gasteiger partial charge in [-0.3, -0.25) is 4.79 Å². The van der Waals surface area contributed by atoms with E-state index in [2.05, 4.69) is 4.98 Å². The minimum Gasteiger partial charge on any atom is -0.329 e. The molecule has 0 aliphatic rings. The Kier molecular flexibility index (Phi) is 5.74. The number of carbonyl (C=O) groups excluding carboxylic acids is 1. The Balaban J connectivity index is 2.99. The summed E-state index contributed by atoms with van der Waals surface area (Å²) in [7, 11) is 0. The lowest BCUT2D eigenvalue weighted by molar-refractivity contribution is -0.140.